The van der Waals surface area contributed by atoms with E-state index in [1.54, 1.807) is 7.11 Å². The quantitative estimate of drug-likeness (QED) is 0.749. The monoisotopic (exact) mass is 200 g/mol. The molecule has 0 saturated heterocycles. The van der Waals surface area contributed by atoms with Gasteiger partial charge in [0.15, 0.2) is 0 Å². The maximum atomic E-state index is 8.99. The second-order valence-electron chi connectivity index (χ2n) is 2.89. The van der Waals surface area contributed by atoms with Crippen LogP contribution in [0.25, 0.3) is 0 Å². The summed E-state index contributed by atoms with van der Waals surface area (Å²) >= 11 is 0. The van der Waals surface area contributed by atoms with Gasteiger partial charge in [0.1, 0.15) is 11.8 Å². The molecule has 1 aromatic carbocycles. The van der Waals surface area contributed by atoms with Crippen molar-refractivity contribution in [2.45, 2.75) is 6.04 Å². The molecule has 1 aromatic rings. The number of terminal acetylenes is 1. The molecule has 0 saturated carbocycles. The normalized spacial score (nSPS) is 11.1. The first-order valence-corrected chi connectivity index (χ1v) is 4.53. The summed E-state index contributed by atoms with van der Waals surface area (Å²) in [4.78, 5) is 0. The van der Waals surface area contributed by atoms with E-state index in [-0.39, 0.29) is 0 Å². The molecule has 0 aliphatic rings. The second-order valence-corrected chi connectivity index (χ2v) is 2.89. The minimum Gasteiger partial charge on any atom is -0.496 e. The topological polar surface area (TPSA) is 45.0 Å². The Morgan fingerprint density at radius 1 is 1.53 bits per heavy atom. The van der Waals surface area contributed by atoms with Crippen LogP contribution in [-0.2, 0) is 0 Å². The van der Waals surface area contributed by atoms with Crippen LogP contribution in [0.15, 0.2) is 24.3 Å². The van der Waals surface area contributed by atoms with E-state index >= 15 is 0 Å². The molecule has 3 heteroatoms. The van der Waals surface area contributed by atoms with Crippen molar-refractivity contribution in [3.05, 3.63) is 29.8 Å². The van der Waals surface area contributed by atoms with Crippen molar-refractivity contribution in [3.63, 3.8) is 0 Å². The summed E-state index contributed by atoms with van der Waals surface area (Å²) in [5.41, 5.74) is 0.803. The Bertz CT molecular complexity index is 401. The van der Waals surface area contributed by atoms with Crippen LogP contribution in [-0.4, -0.2) is 13.7 Å². The molecule has 0 fully saturated rings. The Hall–Kier alpha value is -1.97. The van der Waals surface area contributed by atoms with Gasteiger partial charge in [-0.15, -0.1) is 6.42 Å². The molecule has 76 valence electrons. The Morgan fingerprint density at radius 2 is 2.27 bits per heavy atom. The molecule has 15 heavy (non-hydrogen) atoms. The molecule has 0 aromatic heterocycles. The number of hydrogen-bond acceptors (Lipinski definition) is 3. The molecule has 1 N–H and O–H groups in total. The number of para-hydroxylation sites is 1. The second kappa shape index (κ2) is 5.70. The van der Waals surface area contributed by atoms with E-state index in [1.165, 1.54) is 0 Å². The third-order valence-corrected chi connectivity index (χ3v) is 1.99. The van der Waals surface area contributed by atoms with E-state index in [0.717, 1.165) is 5.56 Å². The lowest BCUT2D eigenvalue weighted by Crippen LogP contribution is -2.20. The fraction of sp³-hybridized carbons (Fsp3) is 0.250. The van der Waals surface area contributed by atoms with Crippen molar-refractivity contribution in [1.82, 2.24) is 5.32 Å². The molecule has 1 unspecified atom stereocenters. The zero-order valence-corrected chi connectivity index (χ0v) is 8.53. The molecule has 0 aliphatic carbocycles. The lowest BCUT2D eigenvalue weighted by Gasteiger charge is -2.13. The van der Waals surface area contributed by atoms with Crippen molar-refractivity contribution in [3.8, 4) is 24.2 Å². The maximum absolute atomic E-state index is 8.99. The molecule has 1 atom stereocenters. The molecule has 1 rings (SSSR count). The van der Waals surface area contributed by atoms with Crippen LogP contribution >= 0.6 is 0 Å². The summed E-state index contributed by atoms with van der Waals surface area (Å²) in [6.07, 6.45) is 5.13. The highest BCUT2D eigenvalue weighted by Gasteiger charge is 2.13. The Balaban J connectivity index is 2.92. The Labute approximate surface area is 89.7 Å². The highest BCUT2D eigenvalue weighted by atomic mass is 16.5. The van der Waals surface area contributed by atoms with E-state index in [4.69, 9.17) is 16.4 Å². The minimum absolute atomic E-state index is 0.357. The standard InChI is InChI=1S/C12H12N2O/c1-3-8-14-11(9-13)10-6-4-5-7-12(10)15-2/h1,4-7,11,14H,8H2,2H3. The van der Waals surface area contributed by atoms with Gasteiger partial charge in [0, 0.05) is 5.56 Å². The van der Waals surface area contributed by atoms with Gasteiger partial charge < -0.3 is 4.74 Å². The van der Waals surface area contributed by atoms with Crippen molar-refractivity contribution >= 4 is 0 Å². The van der Waals surface area contributed by atoms with E-state index in [9.17, 15) is 0 Å². The number of nitriles is 1. The average molecular weight is 200 g/mol. The first kappa shape index (κ1) is 11.1. The van der Waals surface area contributed by atoms with Gasteiger partial charge >= 0.3 is 0 Å². The number of nitrogens with one attached hydrogen (secondary N) is 1. The molecular formula is C12H12N2O. The van der Waals surface area contributed by atoms with Gasteiger partial charge in [0.2, 0.25) is 0 Å². The Morgan fingerprint density at radius 3 is 2.87 bits per heavy atom. The van der Waals surface area contributed by atoms with E-state index in [2.05, 4.69) is 17.3 Å². The van der Waals surface area contributed by atoms with Gasteiger partial charge in [-0.2, -0.15) is 5.26 Å². The van der Waals surface area contributed by atoms with Gasteiger partial charge in [-0.25, -0.2) is 0 Å². The third-order valence-electron chi connectivity index (χ3n) is 1.99. The zero-order valence-electron chi connectivity index (χ0n) is 8.53. The molecule has 0 bridgehead atoms. The lowest BCUT2D eigenvalue weighted by molar-refractivity contribution is 0.406. The predicted molar refractivity (Wildman–Crippen MR) is 58.2 cm³/mol. The number of nitrogens with zero attached hydrogens (tertiary/aromatic N) is 1. The van der Waals surface area contributed by atoms with E-state index in [0.29, 0.717) is 12.3 Å². The van der Waals surface area contributed by atoms with Crippen molar-refractivity contribution in [2.75, 3.05) is 13.7 Å². The van der Waals surface area contributed by atoms with Crippen LogP contribution in [0.2, 0.25) is 0 Å². The van der Waals surface area contributed by atoms with Crippen LogP contribution < -0.4 is 10.1 Å². The number of methoxy groups -OCH3 is 1. The summed E-state index contributed by atoms with van der Waals surface area (Å²) in [5, 5.41) is 11.9. The van der Waals surface area contributed by atoms with Crippen molar-refractivity contribution < 1.29 is 4.74 Å². The molecule has 3 nitrogen and oxygen atoms in total. The van der Waals surface area contributed by atoms with Gasteiger partial charge in [-0.05, 0) is 6.07 Å². The molecule has 0 spiro atoms. The van der Waals surface area contributed by atoms with Gasteiger partial charge in [0.25, 0.3) is 0 Å². The maximum Gasteiger partial charge on any atom is 0.125 e. The summed E-state index contributed by atoms with van der Waals surface area (Å²) in [6.45, 7) is 0.357. The highest BCUT2D eigenvalue weighted by Crippen LogP contribution is 2.23. The van der Waals surface area contributed by atoms with E-state index < -0.39 is 6.04 Å². The first-order chi connectivity index (χ1) is 7.33. The van der Waals surface area contributed by atoms with Crippen LogP contribution in [0.1, 0.15) is 11.6 Å². The zero-order chi connectivity index (χ0) is 11.1. The molecule has 0 amide bonds. The van der Waals surface area contributed by atoms with Gasteiger partial charge in [-0.3, -0.25) is 5.32 Å². The fourth-order valence-electron chi connectivity index (χ4n) is 1.29. The smallest absolute Gasteiger partial charge is 0.125 e. The van der Waals surface area contributed by atoms with Gasteiger partial charge in [-0.1, -0.05) is 24.1 Å². The van der Waals surface area contributed by atoms with Gasteiger partial charge in [0.05, 0.1) is 19.7 Å². The first-order valence-electron chi connectivity index (χ1n) is 4.53. The van der Waals surface area contributed by atoms with Crippen LogP contribution in [0.4, 0.5) is 0 Å². The summed E-state index contributed by atoms with van der Waals surface area (Å²) in [5.74, 6) is 3.13. The summed E-state index contributed by atoms with van der Waals surface area (Å²) in [7, 11) is 1.58. The Kier molecular flexibility index (Phi) is 4.22. The van der Waals surface area contributed by atoms with E-state index in [1.807, 2.05) is 24.3 Å². The van der Waals surface area contributed by atoms with Crippen LogP contribution in [0.3, 0.4) is 0 Å². The van der Waals surface area contributed by atoms with Crippen LogP contribution in [0.5, 0.6) is 5.75 Å². The lowest BCUT2D eigenvalue weighted by atomic mass is 10.1. The fourth-order valence-corrected chi connectivity index (χ4v) is 1.29. The molecule has 0 aliphatic heterocycles. The number of benzene rings is 1. The largest absolute Gasteiger partial charge is 0.496 e. The predicted octanol–water partition coefficient (Wildman–Crippen LogP) is 1.48. The number of ether oxygens (including phenoxy) is 1. The number of rotatable bonds is 4. The summed E-state index contributed by atoms with van der Waals surface area (Å²) in [6, 6.07) is 9.09. The van der Waals surface area contributed by atoms with Crippen LogP contribution in [0, 0.1) is 23.7 Å². The van der Waals surface area contributed by atoms with Crippen molar-refractivity contribution in [1.29, 1.82) is 5.26 Å². The molecular weight excluding hydrogens is 188 g/mol. The average Bonchev–Trinajstić information content (AvgIpc) is 2.30. The molecule has 0 radical (unpaired) electrons. The SMILES string of the molecule is C#CCNC(C#N)c1ccccc1OC. The van der Waals surface area contributed by atoms with Crippen molar-refractivity contribution in [2.24, 2.45) is 0 Å². The highest BCUT2D eigenvalue weighted by molar-refractivity contribution is 5.38. The third kappa shape index (κ3) is 2.74. The minimum atomic E-state index is -0.433. The molecule has 0 heterocycles. The number of hydrogen-bond donors (Lipinski definition) is 1. The summed E-state index contributed by atoms with van der Waals surface area (Å²) < 4.78 is 5.17.